The number of nitro benzene ring substituents is 1. The highest BCUT2D eigenvalue weighted by Gasteiger charge is 2.19. The molecule has 2 heterocycles. The Hall–Kier alpha value is -3.98. The average molecular weight is 446 g/mol. The monoisotopic (exact) mass is 445 g/mol. The van der Waals surface area contributed by atoms with Gasteiger partial charge in [0.2, 0.25) is 5.95 Å². The van der Waals surface area contributed by atoms with E-state index in [4.69, 9.17) is 0 Å². The van der Waals surface area contributed by atoms with Gasteiger partial charge in [0.1, 0.15) is 5.69 Å². The number of aromatic nitrogens is 3. The Morgan fingerprint density at radius 1 is 1.12 bits per heavy atom. The first kappa shape index (κ1) is 22.2. The molecule has 4 aromatic rings. The highest BCUT2D eigenvalue weighted by atomic mass is 16.6. The van der Waals surface area contributed by atoms with E-state index in [9.17, 15) is 10.1 Å². The SMILES string of the molecule is Cc1cccc2c(-c3ccnc(Nc4ccc(N(C)CCN(C)C)c([N+](=O)[O-])c4)n3)c[nH]c12. The second-order valence-electron chi connectivity index (χ2n) is 8.28. The molecule has 0 atom stereocenters. The molecule has 0 aliphatic rings. The third-order valence-corrected chi connectivity index (χ3v) is 5.58. The molecule has 9 nitrogen and oxygen atoms in total. The van der Waals surface area contributed by atoms with Crippen molar-refractivity contribution >= 4 is 33.9 Å². The molecule has 0 bridgehead atoms. The van der Waals surface area contributed by atoms with Crippen LogP contribution in [0, 0.1) is 17.0 Å². The van der Waals surface area contributed by atoms with Crippen molar-refractivity contribution in [1.29, 1.82) is 0 Å². The molecule has 0 spiro atoms. The molecule has 2 N–H and O–H groups in total. The highest BCUT2D eigenvalue weighted by Crippen LogP contribution is 2.32. The van der Waals surface area contributed by atoms with Crippen LogP contribution in [-0.4, -0.2) is 59.0 Å². The van der Waals surface area contributed by atoms with Crippen molar-refractivity contribution in [2.24, 2.45) is 0 Å². The van der Waals surface area contributed by atoms with E-state index in [1.165, 1.54) is 6.07 Å². The maximum atomic E-state index is 11.7. The first-order chi connectivity index (χ1) is 15.8. The van der Waals surface area contributed by atoms with E-state index in [-0.39, 0.29) is 10.6 Å². The summed E-state index contributed by atoms with van der Waals surface area (Å²) in [4.78, 5) is 27.6. The van der Waals surface area contributed by atoms with E-state index in [1.54, 1.807) is 18.3 Å². The second kappa shape index (κ2) is 9.25. The van der Waals surface area contributed by atoms with E-state index in [1.807, 2.05) is 49.3 Å². The molecule has 170 valence electrons. The second-order valence-corrected chi connectivity index (χ2v) is 8.28. The van der Waals surface area contributed by atoms with E-state index in [2.05, 4.69) is 39.3 Å². The normalized spacial score (nSPS) is 11.2. The molecule has 0 saturated heterocycles. The molecule has 0 amide bonds. The lowest BCUT2D eigenvalue weighted by atomic mass is 10.1. The number of aromatic amines is 1. The van der Waals surface area contributed by atoms with Gasteiger partial charge in [-0.1, -0.05) is 18.2 Å². The molecule has 0 aliphatic carbocycles. The van der Waals surface area contributed by atoms with Crippen LogP contribution in [0.5, 0.6) is 0 Å². The number of likely N-dealkylation sites (N-methyl/N-ethyl adjacent to an activating group) is 2. The topological polar surface area (TPSA) is 103 Å². The zero-order valence-corrected chi connectivity index (χ0v) is 19.2. The molecular formula is C24H27N7O2. The van der Waals surface area contributed by atoms with Crippen LogP contribution in [0.4, 0.5) is 23.0 Å². The van der Waals surface area contributed by atoms with Crippen molar-refractivity contribution in [2.45, 2.75) is 6.92 Å². The number of hydrogen-bond donors (Lipinski definition) is 2. The van der Waals surface area contributed by atoms with Crippen LogP contribution in [-0.2, 0) is 0 Å². The van der Waals surface area contributed by atoms with Gasteiger partial charge in [-0.15, -0.1) is 0 Å². The largest absolute Gasteiger partial charge is 0.368 e. The summed E-state index contributed by atoms with van der Waals surface area (Å²) >= 11 is 0. The van der Waals surface area contributed by atoms with Gasteiger partial charge in [0.25, 0.3) is 5.69 Å². The van der Waals surface area contributed by atoms with Crippen molar-refractivity contribution in [1.82, 2.24) is 19.9 Å². The van der Waals surface area contributed by atoms with Crippen LogP contribution in [0.25, 0.3) is 22.2 Å². The number of benzene rings is 2. The lowest BCUT2D eigenvalue weighted by molar-refractivity contribution is -0.384. The van der Waals surface area contributed by atoms with Gasteiger partial charge >= 0.3 is 0 Å². The molecule has 0 unspecified atom stereocenters. The summed E-state index contributed by atoms with van der Waals surface area (Å²) < 4.78 is 0. The van der Waals surface area contributed by atoms with Crippen LogP contribution in [0.2, 0.25) is 0 Å². The van der Waals surface area contributed by atoms with Gasteiger partial charge in [-0.25, -0.2) is 9.97 Å². The van der Waals surface area contributed by atoms with E-state index >= 15 is 0 Å². The zero-order valence-electron chi connectivity index (χ0n) is 19.2. The number of fused-ring (bicyclic) bond motifs is 1. The lowest BCUT2D eigenvalue weighted by Crippen LogP contribution is -2.28. The standard InChI is InChI=1S/C24H27N7O2/c1-16-6-5-7-18-19(15-26-23(16)18)20-10-11-25-24(28-20)27-17-8-9-21(22(14-17)31(32)33)30(4)13-12-29(2)3/h5-11,14-15,26H,12-13H2,1-4H3,(H,25,27,28). The van der Waals surface area contributed by atoms with Gasteiger partial charge in [-0.2, -0.15) is 0 Å². The quantitative estimate of drug-likeness (QED) is 0.302. The Labute approximate surface area is 192 Å². The van der Waals surface area contributed by atoms with Gasteiger partial charge < -0.3 is 20.1 Å². The predicted octanol–water partition coefficient (Wildman–Crippen LogP) is 4.58. The number of nitro groups is 1. The first-order valence-electron chi connectivity index (χ1n) is 10.6. The Kier molecular flexibility index (Phi) is 6.23. The molecule has 0 radical (unpaired) electrons. The number of nitrogens with zero attached hydrogens (tertiary/aromatic N) is 5. The summed E-state index contributed by atoms with van der Waals surface area (Å²) in [6.07, 6.45) is 3.62. The number of rotatable bonds is 8. The van der Waals surface area contributed by atoms with Crippen LogP contribution in [0.1, 0.15) is 5.56 Å². The van der Waals surface area contributed by atoms with Crippen molar-refractivity contribution in [3.05, 3.63) is 70.5 Å². The van der Waals surface area contributed by atoms with Crippen LogP contribution >= 0.6 is 0 Å². The van der Waals surface area contributed by atoms with E-state index in [0.29, 0.717) is 23.9 Å². The van der Waals surface area contributed by atoms with Gasteiger partial charge in [-0.05, 0) is 44.8 Å². The summed E-state index contributed by atoms with van der Waals surface area (Å²) in [5.41, 5.74) is 5.13. The summed E-state index contributed by atoms with van der Waals surface area (Å²) in [7, 11) is 5.80. The number of anilines is 3. The molecule has 0 fully saturated rings. The minimum absolute atomic E-state index is 0.0320. The Bertz CT molecular complexity index is 1300. The molecule has 2 aromatic carbocycles. The summed E-state index contributed by atoms with van der Waals surface area (Å²) in [6.45, 7) is 3.53. The number of para-hydroxylation sites is 1. The van der Waals surface area contributed by atoms with Gasteiger partial charge in [0.05, 0.1) is 10.6 Å². The molecule has 0 aliphatic heterocycles. The van der Waals surface area contributed by atoms with Gasteiger partial charge in [0.15, 0.2) is 0 Å². The fraction of sp³-hybridized carbons (Fsp3) is 0.250. The summed E-state index contributed by atoms with van der Waals surface area (Å²) in [5, 5.41) is 15.9. The minimum Gasteiger partial charge on any atom is -0.368 e. The fourth-order valence-electron chi connectivity index (χ4n) is 3.76. The van der Waals surface area contributed by atoms with E-state index in [0.717, 1.165) is 34.3 Å². The number of H-pyrrole nitrogens is 1. The van der Waals surface area contributed by atoms with Crippen LogP contribution < -0.4 is 10.2 Å². The molecule has 9 heteroatoms. The summed E-state index contributed by atoms with van der Waals surface area (Å²) in [6, 6.07) is 13.1. The third-order valence-electron chi connectivity index (χ3n) is 5.58. The Morgan fingerprint density at radius 3 is 2.70 bits per heavy atom. The maximum Gasteiger partial charge on any atom is 0.294 e. The Balaban J connectivity index is 1.61. The zero-order chi connectivity index (χ0) is 23.5. The number of hydrogen-bond acceptors (Lipinski definition) is 7. The van der Waals surface area contributed by atoms with Crippen LogP contribution in [0.15, 0.2) is 54.9 Å². The van der Waals surface area contributed by atoms with E-state index < -0.39 is 0 Å². The van der Waals surface area contributed by atoms with Crippen LogP contribution in [0.3, 0.4) is 0 Å². The van der Waals surface area contributed by atoms with Crippen molar-refractivity contribution in [3.8, 4) is 11.3 Å². The molecule has 4 rings (SSSR count). The lowest BCUT2D eigenvalue weighted by Gasteiger charge is -2.21. The molecule has 33 heavy (non-hydrogen) atoms. The molecular weight excluding hydrogens is 418 g/mol. The number of nitrogens with one attached hydrogen (secondary N) is 2. The fourth-order valence-corrected chi connectivity index (χ4v) is 3.76. The Morgan fingerprint density at radius 2 is 1.94 bits per heavy atom. The highest BCUT2D eigenvalue weighted by molar-refractivity contribution is 5.96. The first-order valence-corrected chi connectivity index (χ1v) is 10.6. The van der Waals surface area contributed by atoms with Gasteiger partial charge in [-0.3, -0.25) is 10.1 Å². The summed E-state index contributed by atoms with van der Waals surface area (Å²) in [5.74, 6) is 0.373. The predicted molar refractivity (Wildman–Crippen MR) is 132 cm³/mol. The van der Waals surface area contributed by atoms with Gasteiger partial charge in [0, 0.05) is 60.8 Å². The molecule has 0 saturated carbocycles. The van der Waals surface area contributed by atoms with Crippen molar-refractivity contribution in [3.63, 3.8) is 0 Å². The number of aryl methyl sites for hydroxylation is 1. The smallest absolute Gasteiger partial charge is 0.294 e. The van der Waals surface area contributed by atoms with Crippen molar-refractivity contribution < 1.29 is 4.92 Å². The third kappa shape index (κ3) is 4.78. The molecule has 2 aromatic heterocycles. The maximum absolute atomic E-state index is 11.7. The van der Waals surface area contributed by atoms with Crippen molar-refractivity contribution in [2.75, 3.05) is 44.4 Å². The minimum atomic E-state index is -0.363. The average Bonchev–Trinajstić information content (AvgIpc) is 3.23.